The molecule has 48 heavy (non-hydrogen) atoms. The zero-order valence-electron chi connectivity index (χ0n) is 31.1. The van der Waals surface area contributed by atoms with Crippen molar-refractivity contribution >= 4 is 29.8 Å². The predicted octanol–water partition coefficient (Wildman–Crippen LogP) is 1.47. The van der Waals surface area contributed by atoms with Gasteiger partial charge >= 0.3 is 23.9 Å². The van der Waals surface area contributed by atoms with Crippen molar-refractivity contribution in [2.75, 3.05) is 91.7 Å². The second-order valence-corrected chi connectivity index (χ2v) is 15.1. The molecule has 0 spiro atoms. The summed E-state index contributed by atoms with van der Waals surface area (Å²) in [6, 6.07) is 0. The molecule has 1 amide bonds. The Morgan fingerprint density at radius 2 is 0.854 bits per heavy atom. The first-order valence-corrected chi connectivity index (χ1v) is 16.7. The maximum absolute atomic E-state index is 12.9. The summed E-state index contributed by atoms with van der Waals surface area (Å²) in [5, 5.41) is 2.78. The quantitative estimate of drug-likeness (QED) is 0.137. The Balaban J connectivity index is 3.17. The second-order valence-electron chi connectivity index (χ2n) is 15.1. The van der Waals surface area contributed by atoms with Crippen molar-refractivity contribution in [3.8, 4) is 0 Å². The Bertz CT molecular complexity index is 1050. The molecule has 1 aliphatic heterocycles. The minimum atomic E-state index is -0.646. The number of hydrogen-bond donors (Lipinski definition) is 1. The van der Waals surface area contributed by atoms with Gasteiger partial charge in [0.05, 0.1) is 32.7 Å². The van der Waals surface area contributed by atoms with Crippen LogP contribution in [0.1, 0.15) is 69.2 Å². The van der Waals surface area contributed by atoms with E-state index in [9.17, 15) is 24.0 Å². The second kappa shape index (κ2) is 19.8. The van der Waals surface area contributed by atoms with Crippen molar-refractivity contribution in [3.05, 3.63) is 12.2 Å². The third-order valence-electron chi connectivity index (χ3n) is 6.62. The average molecular weight is 684 g/mol. The van der Waals surface area contributed by atoms with E-state index >= 15 is 0 Å². The molecule has 14 nitrogen and oxygen atoms in total. The Kier molecular flexibility index (Phi) is 17.7. The monoisotopic (exact) mass is 683 g/mol. The van der Waals surface area contributed by atoms with Crippen molar-refractivity contribution < 1.29 is 42.9 Å². The number of amides is 1. The van der Waals surface area contributed by atoms with Crippen LogP contribution in [0.5, 0.6) is 0 Å². The highest BCUT2D eigenvalue weighted by Gasteiger charge is 2.26. The van der Waals surface area contributed by atoms with Gasteiger partial charge in [-0.25, -0.2) is 4.79 Å². The number of rotatable bonds is 12. The summed E-state index contributed by atoms with van der Waals surface area (Å²) in [6.45, 7) is 25.3. The smallest absolute Gasteiger partial charge is 0.333 e. The van der Waals surface area contributed by atoms with E-state index in [1.54, 1.807) is 6.92 Å². The summed E-state index contributed by atoms with van der Waals surface area (Å²) >= 11 is 0. The Morgan fingerprint density at radius 1 is 0.562 bits per heavy atom. The highest BCUT2D eigenvalue weighted by molar-refractivity contribution is 5.87. The fourth-order valence-corrected chi connectivity index (χ4v) is 4.60. The Hall–Kier alpha value is -3.07. The Labute approximate surface area is 287 Å². The van der Waals surface area contributed by atoms with Gasteiger partial charge in [-0.1, -0.05) is 6.58 Å². The van der Waals surface area contributed by atoms with Crippen LogP contribution < -0.4 is 5.32 Å². The fourth-order valence-electron chi connectivity index (χ4n) is 4.60. The van der Waals surface area contributed by atoms with Crippen LogP contribution in [0.4, 0.5) is 0 Å². The Morgan fingerprint density at radius 3 is 1.12 bits per heavy atom. The van der Waals surface area contributed by atoms with Crippen molar-refractivity contribution in [2.45, 2.75) is 86.0 Å². The van der Waals surface area contributed by atoms with E-state index in [4.69, 9.17) is 18.9 Å². The van der Waals surface area contributed by atoms with Gasteiger partial charge in [0, 0.05) is 57.9 Å². The molecule has 1 fully saturated rings. The van der Waals surface area contributed by atoms with E-state index in [2.05, 4.69) is 11.9 Å². The molecular weight excluding hydrogens is 622 g/mol. The normalized spacial score (nSPS) is 17.0. The predicted molar refractivity (Wildman–Crippen MR) is 182 cm³/mol. The van der Waals surface area contributed by atoms with Crippen LogP contribution in [0.15, 0.2) is 12.2 Å². The van der Waals surface area contributed by atoms with Crippen molar-refractivity contribution in [1.29, 1.82) is 0 Å². The van der Waals surface area contributed by atoms with Gasteiger partial charge in [0.15, 0.2) is 0 Å². The standard InChI is InChI=1S/C34H61N5O9/c1-26(2)31(44)45-21-12-35-27(40)22-36-13-15-37(23-28(41)46-32(3,4)5)17-19-39(25-30(43)48-34(9,10)11)20-18-38(16-14-36)24-29(42)47-33(6,7)8/h1,12-25H2,2-11H3,(H,35,40). The summed E-state index contributed by atoms with van der Waals surface area (Å²) in [6.07, 6.45) is 0. The van der Waals surface area contributed by atoms with Gasteiger partial charge in [-0.3, -0.25) is 38.8 Å². The van der Waals surface area contributed by atoms with Gasteiger partial charge in [0.25, 0.3) is 0 Å². The van der Waals surface area contributed by atoms with Crippen molar-refractivity contribution in [3.63, 3.8) is 0 Å². The molecule has 0 bridgehead atoms. The molecule has 1 heterocycles. The maximum Gasteiger partial charge on any atom is 0.333 e. The molecule has 0 aromatic carbocycles. The molecule has 0 aromatic heterocycles. The summed E-state index contributed by atoms with van der Waals surface area (Å²) in [5.41, 5.74) is -1.65. The summed E-state index contributed by atoms with van der Waals surface area (Å²) in [5.74, 6) is -1.88. The lowest BCUT2D eigenvalue weighted by molar-refractivity contribution is -0.158. The van der Waals surface area contributed by atoms with Gasteiger partial charge in [0.2, 0.25) is 5.91 Å². The fraction of sp³-hybridized carbons (Fsp3) is 0.794. The zero-order chi connectivity index (χ0) is 36.7. The number of nitrogens with one attached hydrogen (secondary N) is 1. The van der Waals surface area contributed by atoms with E-state index in [-0.39, 0.29) is 68.7 Å². The molecular formula is C34H61N5O9. The van der Waals surface area contributed by atoms with Crippen LogP contribution in [0.2, 0.25) is 0 Å². The molecule has 1 rings (SSSR count). The molecule has 276 valence electrons. The molecule has 1 saturated heterocycles. The summed E-state index contributed by atoms with van der Waals surface area (Å²) < 4.78 is 21.8. The van der Waals surface area contributed by atoms with Gasteiger partial charge < -0.3 is 24.3 Å². The molecule has 14 heteroatoms. The topological polar surface area (TPSA) is 147 Å². The molecule has 0 atom stereocenters. The molecule has 0 unspecified atom stereocenters. The maximum atomic E-state index is 12.9. The lowest BCUT2D eigenvalue weighted by atomic mass is 10.2. The van der Waals surface area contributed by atoms with E-state index in [1.165, 1.54) is 0 Å². The van der Waals surface area contributed by atoms with Crippen LogP contribution in [0.3, 0.4) is 0 Å². The lowest BCUT2D eigenvalue weighted by Crippen LogP contribution is -2.50. The third-order valence-corrected chi connectivity index (χ3v) is 6.62. The molecule has 0 aromatic rings. The molecule has 0 saturated carbocycles. The van der Waals surface area contributed by atoms with E-state index in [0.717, 1.165) is 0 Å². The number of carbonyl (C=O) groups excluding carboxylic acids is 5. The number of nitrogens with zero attached hydrogens (tertiary/aromatic N) is 4. The number of carbonyl (C=O) groups is 5. The van der Waals surface area contributed by atoms with Crippen LogP contribution in [-0.4, -0.2) is 158 Å². The summed E-state index contributed by atoms with van der Waals surface area (Å²) in [7, 11) is 0. The van der Waals surface area contributed by atoms with Gasteiger partial charge in [0.1, 0.15) is 23.4 Å². The number of hydrogen-bond acceptors (Lipinski definition) is 13. The van der Waals surface area contributed by atoms with Crippen molar-refractivity contribution in [2.24, 2.45) is 0 Å². The summed E-state index contributed by atoms with van der Waals surface area (Å²) in [4.78, 5) is 70.9. The van der Waals surface area contributed by atoms with Crippen LogP contribution in [0, 0.1) is 0 Å². The number of ether oxygens (including phenoxy) is 4. The average Bonchev–Trinajstić information content (AvgIpc) is 2.89. The SMILES string of the molecule is C=C(C)C(=O)OCCNC(=O)CN1CCN(CC(=O)OC(C)(C)C)CCN(CC(=O)OC(C)(C)C)CCN(CC(=O)OC(C)(C)C)CC1. The molecule has 1 N–H and O–H groups in total. The van der Waals surface area contributed by atoms with Gasteiger partial charge in [-0.2, -0.15) is 0 Å². The largest absolute Gasteiger partial charge is 0.460 e. The highest BCUT2D eigenvalue weighted by atomic mass is 16.6. The third kappa shape index (κ3) is 21.7. The first-order valence-electron chi connectivity index (χ1n) is 16.7. The lowest BCUT2D eigenvalue weighted by Gasteiger charge is -2.34. The van der Waals surface area contributed by atoms with E-state index in [0.29, 0.717) is 52.4 Å². The first-order chi connectivity index (χ1) is 22.0. The molecule has 0 radical (unpaired) electrons. The van der Waals surface area contributed by atoms with Crippen molar-refractivity contribution in [1.82, 2.24) is 24.9 Å². The van der Waals surface area contributed by atoms with Crippen LogP contribution in [0.25, 0.3) is 0 Å². The molecule has 0 aliphatic carbocycles. The van der Waals surface area contributed by atoms with E-state index in [1.807, 2.05) is 81.9 Å². The van der Waals surface area contributed by atoms with Crippen LogP contribution in [-0.2, 0) is 42.9 Å². The first kappa shape index (κ1) is 43.0. The minimum absolute atomic E-state index is 0.0184. The van der Waals surface area contributed by atoms with E-state index < -0.39 is 22.8 Å². The number of esters is 4. The van der Waals surface area contributed by atoms with Gasteiger partial charge in [-0.15, -0.1) is 0 Å². The highest BCUT2D eigenvalue weighted by Crippen LogP contribution is 2.11. The molecule has 1 aliphatic rings. The minimum Gasteiger partial charge on any atom is -0.460 e. The zero-order valence-corrected chi connectivity index (χ0v) is 31.1. The van der Waals surface area contributed by atoms with Crippen LogP contribution >= 0.6 is 0 Å². The van der Waals surface area contributed by atoms with Gasteiger partial charge in [-0.05, 0) is 69.2 Å².